The first-order chi connectivity index (χ1) is 18.3. The highest BCUT2D eigenvalue weighted by Crippen LogP contribution is 2.37. The lowest BCUT2D eigenvalue weighted by Crippen LogP contribution is -2.38. The van der Waals surface area contributed by atoms with Gasteiger partial charge in [-0.05, 0) is 36.4 Å². The van der Waals surface area contributed by atoms with Crippen LogP contribution in [0, 0.1) is 0 Å². The Bertz CT molecular complexity index is 1640. The number of hydrogen-bond donors (Lipinski definition) is 1. The fourth-order valence-corrected chi connectivity index (χ4v) is 5.42. The molecule has 2 aromatic heterocycles. The number of nitrogens with one attached hydrogen (secondary N) is 1. The summed E-state index contributed by atoms with van der Waals surface area (Å²) in [5.41, 5.74) is 1.00. The number of ether oxygens (including phenoxy) is 1. The summed E-state index contributed by atoms with van der Waals surface area (Å²) >= 11 is 0. The van der Waals surface area contributed by atoms with Crippen LogP contribution in [0.25, 0.3) is 5.76 Å². The van der Waals surface area contributed by atoms with E-state index in [1.54, 1.807) is 42.5 Å². The highest BCUT2D eigenvalue weighted by atomic mass is 32.2. The Hall–Kier alpha value is -4.83. The van der Waals surface area contributed by atoms with Gasteiger partial charge >= 0.3 is 5.97 Å². The van der Waals surface area contributed by atoms with E-state index in [9.17, 15) is 18.0 Å². The smallest absolute Gasteiger partial charge is 0.343 e. The highest BCUT2D eigenvalue weighted by Gasteiger charge is 2.39. The Balaban J connectivity index is 1.49. The van der Waals surface area contributed by atoms with E-state index in [2.05, 4.69) is 10.3 Å². The minimum atomic E-state index is -4.08. The van der Waals surface area contributed by atoms with E-state index in [-0.39, 0.29) is 33.3 Å². The summed E-state index contributed by atoms with van der Waals surface area (Å²) in [5.74, 6) is -1.47. The molecule has 2 aromatic carbocycles. The molecule has 0 saturated carbocycles. The predicted octanol–water partition coefficient (Wildman–Crippen LogP) is 3.22. The van der Waals surface area contributed by atoms with Crippen molar-refractivity contribution in [2.24, 2.45) is 0 Å². The number of amides is 1. The minimum absolute atomic E-state index is 0.0741. The highest BCUT2D eigenvalue weighted by molar-refractivity contribution is 7.89. The number of hydrogen-bond acceptors (Lipinski definition) is 6. The monoisotopic (exact) mass is 527 g/mol. The lowest BCUT2D eigenvalue weighted by Gasteiger charge is -2.30. The molecule has 3 heterocycles. The van der Waals surface area contributed by atoms with E-state index in [0.29, 0.717) is 6.54 Å². The summed E-state index contributed by atoms with van der Waals surface area (Å²) in [6.45, 7) is 0.620. The van der Waals surface area contributed by atoms with Gasteiger partial charge in [0.15, 0.2) is 30.4 Å². The zero-order valence-electron chi connectivity index (χ0n) is 20.3. The van der Waals surface area contributed by atoms with E-state index >= 15 is 0 Å². The number of nitrogens with zero attached hydrogens (tertiary/aromatic N) is 3. The van der Waals surface area contributed by atoms with E-state index in [1.165, 1.54) is 25.4 Å². The average Bonchev–Trinajstić information content (AvgIpc) is 2.93. The lowest BCUT2D eigenvalue weighted by atomic mass is 10.1. The average molecular weight is 528 g/mol. The van der Waals surface area contributed by atoms with Gasteiger partial charge in [0.1, 0.15) is 5.82 Å². The summed E-state index contributed by atoms with van der Waals surface area (Å²) in [6, 6.07) is 23.7. The molecule has 9 nitrogen and oxygen atoms in total. The molecule has 190 valence electrons. The first-order valence-corrected chi connectivity index (χ1v) is 13.1. The molecule has 10 heteroatoms. The number of carbonyl (C=O) groups excluding carboxylic acids is 2. The summed E-state index contributed by atoms with van der Waals surface area (Å²) in [6.07, 6.45) is 5.37. The van der Waals surface area contributed by atoms with Crippen LogP contribution in [0.5, 0.6) is 0 Å². The van der Waals surface area contributed by atoms with Crippen molar-refractivity contribution in [2.45, 2.75) is 11.4 Å². The summed E-state index contributed by atoms with van der Waals surface area (Å²) < 4.78 is 35.0. The fraction of sp³-hybridized carbons (Fsp3) is 0.0714. The number of carbonyl (C=O) groups is 2. The van der Waals surface area contributed by atoms with Gasteiger partial charge in [0.25, 0.3) is 15.9 Å². The second-order valence-corrected chi connectivity index (χ2v) is 10.4. The van der Waals surface area contributed by atoms with Crippen molar-refractivity contribution in [1.82, 2.24) is 9.29 Å². The Morgan fingerprint density at radius 2 is 1.63 bits per heavy atom. The standard InChI is InChI=1S/C28H22N4O5S/c1-31-25(27(33)30-24-11-5-6-16-29-24)26(22-9-3-4-10-23(22)38(31,35)36)37-28(34)21-14-12-20(13-15-21)19-32-17-7-2-8-18-32/h2-18H,19H2,1H3/p+1. The topological polar surface area (TPSA) is 110 Å². The van der Waals surface area contributed by atoms with Crippen molar-refractivity contribution >= 4 is 33.5 Å². The van der Waals surface area contributed by atoms with Crippen molar-refractivity contribution in [3.63, 3.8) is 0 Å². The molecule has 0 spiro atoms. The van der Waals surface area contributed by atoms with Crippen molar-refractivity contribution < 1.29 is 27.3 Å². The van der Waals surface area contributed by atoms with Crippen LogP contribution in [0.15, 0.2) is 114 Å². The maximum atomic E-state index is 13.3. The van der Waals surface area contributed by atoms with Crippen LogP contribution in [-0.4, -0.2) is 36.6 Å². The van der Waals surface area contributed by atoms with Crippen molar-refractivity contribution in [3.8, 4) is 0 Å². The molecule has 0 fully saturated rings. The number of esters is 1. The van der Waals surface area contributed by atoms with Gasteiger partial charge in [-0.1, -0.05) is 36.4 Å². The number of pyridine rings is 2. The number of benzene rings is 2. The predicted molar refractivity (Wildman–Crippen MR) is 139 cm³/mol. The first kappa shape index (κ1) is 24.8. The second kappa shape index (κ2) is 10.3. The van der Waals surface area contributed by atoms with Gasteiger partial charge in [-0.2, -0.15) is 0 Å². The molecule has 0 atom stereocenters. The largest absolute Gasteiger partial charge is 0.420 e. The summed E-state index contributed by atoms with van der Waals surface area (Å²) in [5, 5.41) is 2.58. The number of fused-ring (bicyclic) bond motifs is 1. The van der Waals surface area contributed by atoms with E-state index in [4.69, 9.17) is 4.74 Å². The SMILES string of the molecule is CN1C(C(=O)Nc2ccccn2)=C(OC(=O)c2ccc(C[n+]3ccccc3)cc2)c2ccccc2S1(=O)=O. The molecule has 1 N–H and O–H groups in total. The van der Waals surface area contributed by atoms with Crippen molar-refractivity contribution in [2.75, 3.05) is 12.4 Å². The number of aromatic nitrogens is 2. The van der Waals surface area contributed by atoms with E-state index in [0.717, 1.165) is 9.87 Å². The minimum Gasteiger partial charge on any atom is -0.420 e. The van der Waals surface area contributed by atoms with Gasteiger partial charge in [-0.15, -0.1) is 0 Å². The molecule has 0 bridgehead atoms. The zero-order valence-corrected chi connectivity index (χ0v) is 21.1. The normalized spacial score (nSPS) is 14.0. The van der Waals surface area contributed by atoms with Gasteiger partial charge in [0.2, 0.25) is 0 Å². The van der Waals surface area contributed by atoms with Crippen LogP contribution in [-0.2, 0) is 26.1 Å². The molecule has 5 rings (SSSR count). The zero-order chi connectivity index (χ0) is 26.7. The van der Waals surface area contributed by atoms with Crippen LogP contribution >= 0.6 is 0 Å². The molecule has 0 radical (unpaired) electrons. The third kappa shape index (κ3) is 4.89. The maximum Gasteiger partial charge on any atom is 0.343 e. The number of likely N-dealkylation sites (N-methyl/N-ethyl adjacent to an activating group) is 1. The molecule has 1 amide bonds. The Morgan fingerprint density at radius 3 is 2.34 bits per heavy atom. The Labute approximate surface area is 219 Å². The van der Waals surface area contributed by atoms with E-state index in [1.807, 2.05) is 47.3 Å². The summed E-state index contributed by atoms with van der Waals surface area (Å²) in [4.78, 5) is 30.5. The maximum absolute atomic E-state index is 13.3. The van der Waals surface area contributed by atoms with Crippen LogP contribution in [0.1, 0.15) is 21.5 Å². The molecule has 1 aliphatic heterocycles. The van der Waals surface area contributed by atoms with Gasteiger partial charge < -0.3 is 10.1 Å². The summed E-state index contributed by atoms with van der Waals surface area (Å²) in [7, 11) is -2.84. The quantitative estimate of drug-likeness (QED) is 0.305. The molecule has 4 aromatic rings. The molecule has 0 aliphatic carbocycles. The molecule has 0 unspecified atom stereocenters. The molecule has 1 aliphatic rings. The Morgan fingerprint density at radius 1 is 0.921 bits per heavy atom. The van der Waals surface area contributed by atoms with Crippen LogP contribution in [0.4, 0.5) is 5.82 Å². The van der Waals surface area contributed by atoms with Crippen LogP contribution in [0.3, 0.4) is 0 Å². The second-order valence-electron chi connectivity index (χ2n) is 8.45. The number of sulfonamides is 1. The van der Waals surface area contributed by atoms with Gasteiger partial charge in [0, 0.05) is 36.5 Å². The molecule has 38 heavy (non-hydrogen) atoms. The van der Waals surface area contributed by atoms with Crippen molar-refractivity contribution in [1.29, 1.82) is 0 Å². The third-order valence-electron chi connectivity index (χ3n) is 5.95. The molecular formula is C28H23N4O5S+. The van der Waals surface area contributed by atoms with Crippen molar-refractivity contribution in [3.05, 3.63) is 126 Å². The lowest BCUT2D eigenvalue weighted by molar-refractivity contribution is -0.688. The van der Waals surface area contributed by atoms with Crippen LogP contribution in [0.2, 0.25) is 0 Å². The molecule has 0 saturated heterocycles. The Kier molecular flexibility index (Phi) is 6.71. The van der Waals surface area contributed by atoms with Gasteiger partial charge in [0.05, 0.1) is 10.5 Å². The van der Waals surface area contributed by atoms with E-state index < -0.39 is 21.9 Å². The number of anilines is 1. The fourth-order valence-electron chi connectivity index (χ4n) is 4.03. The third-order valence-corrected chi connectivity index (χ3v) is 7.76. The van der Waals surface area contributed by atoms with Gasteiger partial charge in [-0.25, -0.2) is 22.8 Å². The first-order valence-electron chi connectivity index (χ1n) is 11.6. The van der Waals surface area contributed by atoms with Gasteiger partial charge in [-0.3, -0.25) is 9.10 Å². The molecular weight excluding hydrogens is 504 g/mol. The van der Waals surface area contributed by atoms with Crippen LogP contribution < -0.4 is 9.88 Å². The number of rotatable bonds is 6.